The first kappa shape index (κ1) is 24.3. The van der Waals surface area contributed by atoms with Crippen LogP contribution in [-0.2, 0) is 11.3 Å². The third kappa shape index (κ3) is 5.16. The van der Waals surface area contributed by atoms with Crippen molar-refractivity contribution in [1.29, 1.82) is 0 Å². The number of allylic oxidation sites excluding steroid dienone is 1. The summed E-state index contributed by atoms with van der Waals surface area (Å²) in [6, 6.07) is 14.2. The predicted octanol–water partition coefficient (Wildman–Crippen LogP) is 6.95. The summed E-state index contributed by atoms with van der Waals surface area (Å²) in [5.74, 6) is 0.427. The van der Waals surface area contributed by atoms with Crippen molar-refractivity contribution in [1.82, 2.24) is 0 Å². The molecule has 1 aliphatic heterocycles. The third-order valence-corrected chi connectivity index (χ3v) is 6.12. The Labute approximate surface area is 206 Å². The van der Waals surface area contributed by atoms with Gasteiger partial charge in [-0.2, -0.15) is 0 Å². The summed E-state index contributed by atoms with van der Waals surface area (Å²) < 4.78 is 25.0. The second-order valence-corrected chi connectivity index (χ2v) is 9.46. The van der Waals surface area contributed by atoms with Gasteiger partial charge < -0.3 is 20.1 Å². The van der Waals surface area contributed by atoms with Crippen LogP contribution in [0.5, 0.6) is 11.5 Å². The number of aryl methyl sites for hydroxylation is 1. The molecule has 3 aromatic carbocycles. The minimum Gasteiger partial charge on any atom is -0.496 e. The molecule has 6 heteroatoms. The van der Waals surface area contributed by atoms with Crippen LogP contribution in [0.15, 0.2) is 54.6 Å². The van der Waals surface area contributed by atoms with Crippen molar-refractivity contribution < 1.29 is 18.7 Å². The maximum absolute atomic E-state index is 14.0. The van der Waals surface area contributed by atoms with E-state index in [-0.39, 0.29) is 17.3 Å². The number of esters is 1. The summed E-state index contributed by atoms with van der Waals surface area (Å²) in [4.78, 5) is 11.6. The molecule has 0 unspecified atom stereocenters. The highest BCUT2D eigenvalue weighted by Crippen LogP contribution is 2.43. The first-order valence-corrected chi connectivity index (χ1v) is 11.6. The maximum Gasteiger partial charge on any atom is 0.308 e. The van der Waals surface area contributed by atoms with Crippen molar-refractivity contribution in [3.63, 3.8) is 0 Å². The van der Waals surface area contributed by atoms with Crippen molar-refractivity contribution >= 4 is 22.9 Å². The van der Waals surface area contributed by atoms with Crippen LogP contribution < -0.4 is 20.1 Å². The Morgan fingerprint density at radius 1 is 1.06 bits per heavy atom. The fraction of sp³-hybridized carbons (Fsp3) is 0.276. The lowest BCUT2D eigenvalue weighted by Crippen LogP contribution is -2.32. The molecule has 4 rings (SSSR count). The average Bonchev–Trinajstić information content (AvgIpc) is 2.78. The summed E-state index contributed by atoms with van der Waals surface area (Å²) in [6.07, 6.45) is 2.21. The lowest BCUT2D eigenvalue weighted by atomic mass is 9.85. The third-order valence-electron chi connectivity index (χ3n) is 6.12. The van der Waals surface area contributed by atoms with Gasteiger partial charge in [0.25, 0.3) is 0 Å². The molecule has 0 radical (unpaired) electrons. The molecular weight excluding hydrogens is 443 g/mol. The molecule has 0 amide bonds. The fourth-order valence-corrected chi connectivity index (χ4v) is 4.73. The van der Waals surface area contributed by atoms with Crippen LogP contribution in [0, 0.1) is 12.7 Å². The SMILES string of the molecule is COc1ccc(OC(C)=O)cc1-c1ccc2c(c1CNc1cc(F)ccc1C)C(C)=CC(C)(C)N2. The Kier molecular flexibility index (Phi) is 6.57. The number of carbonyl (C=O) groups excluding carboxylic acids is 1. The summed E-state index contributed by atoms with van der Waals surface area (Å²) >= 11 is 0. The molecule has 0 aromatic heterocycles. The minimum absolute atomic E-state index is 0.185. The molecule has 0 bridgehead atoms. The van der Waals surface area contributed by atoms with E-state index in [2.05, 4.69) is 43.5 Å². The fourth-order valence-electron chi connectivity index (χ4n) is 4.73. The van der Waals surface area contributed by atoms with Gasteiger partial charge in [0.1, 0.15) is 17.3 Å². The number of benzene rings is 3. The van der Waals surface area contributed by atoms with E-state index in [0.717, 1.165) is 44.8 Å². The van der Waals surface area contributed by atoms with Gasteiger partial charge in [-0.3, -0.25) is 4.79 Å². The number of halogens is 1. The summed E-state index contributed by atoms with van der Waals surface area (Å²) in [7, 11) is 1.62. The molecule has 0 saturated carbocycles. The number of ether oxygens (including phenoxy) is 2. The Balaban J connectivity index is 1.89. The highest BCUT2D eigenvalue weighted by molar-refractivity contribution is 5.89. The van der Waals surface area contributed by atoms with E-state index in [9.17, 15) is 9.18 Å². The van der Waals surface area contributed by atoms with Gasteiger partial charge in [0.15, 0.2) is 0 Å². The molecule has 1 aliphatic rings. The molecule has 1 heterocycles. The molecule has 0 atom stereocenters. The smallest absolute Gasteiger partial charge is 0.308 e. The lowest BCUT2D eigenvalue weighted by Gasteiger charge is -2.33. The lowest BCUT2D eigenvalue weighted by molar-refractivity contribution is -0.131. The molecule has 0 saturated heterocycles. The summed E-state index contributed by atoms with van der Waals surface area (Å²) in [5, 5.41) is 7.04. The van der Waals surface area contributed by atoms with Crippen LogP contribution in [0.3, 0.4) is 0 Å². The van der Waals surface area contributed by atoms with Crippen LogP contribution >= 0.6 is 0 Å². The number of anilines is 2. The number of fused-ring (bicyclic) bond motifs is 1. The second-order valence-electron chi connectivity index (χ2n) is 9.46. The minimum atomic E-state index is -0.389. The zero-order valence-electron chi connectivity index (χ0n) is 21.0. The number of rotatable bonds is 6. The molecule has 3 aromatic rings. The molecule has 35 heavy (non-hydrogen) atoms. The first-order valence-electron chi connectivity index (χ1n) is 11.6. The van der Waals surface area contributed by atoms with Crippen molar-refractivity contribution in [3.8, 4) is 22.6 Å². The topological polar surface area (TPSA) is 59.6 Å². The summed E-state index contributed by atoms with van der Waals surface area (Å²) in [5.41, 5.74) is 7.54. The number of carbonyl (C=O) groups is 1. The van der Waals surface area contributed by atoms with E-state index >= 15 is 0 Å². The van der Waals surface area contributed by atoms with Crippen LogP contribution in [0.25, 0.3) is 16.7 Å². The second kappa shape index (κ2) is 9.45. The largest absolute Gasteiger partial charge is 0.496 e. The normalized spacial score (nSPS) is 13.9. The van der Waals surface area contributed by atoms with Crippen molar-refractivity contribution in [3.05, 3.63) is 77.1 Å². The molecule has 0 spiro atoms. The molecule has 0 fully saturated rings. The van der Waals surface area contributed by atoms with Gasteiger partial charge in [-0.1, -0.05) is 18.2 Å². The van der Waals surface area contributed by atoms with Gasteiger partial charge in [-0.25, -0.2) is 4.39 Å². The number of methoxy groups -OCH3 is 1. The maximum atomic E-state index is 14.0. The standard InChI is InChI=1S/C29H31FN2O3/c1-17-7-8-20(30)13-26(17)31-16-24-22(10-11-25-28(24)18(2)15-29(4,5)32-25)23-14-21(35-19(3)33)9-12-27(23)34-6/h7-15,31-32H,16H2,1-6H3. The highest BCUT2D eigenvalue weighted by Gasteiger charge is 2.27. The van der Waals surface area contributed by atoms with E-state index < -0.39 is 0 Å². The molecule has 0 aliphatic carbocycles. The van der Waals surface area contributed by atoms with Crippen LogP contribution in [-0.4, -0.2) is 18.6 Å². The zero-order chi connectivity index (χ0) is 25.3. The van der Waals surface area contributed by atoms with E-state index in [4.69, 9.17) is 9.47 Å². The van der Waals surface area contributed by atoms with Gasteiger partial charge in [-0.15, -0.1) is 0 Å². The van der Waals surface area contributed by atoms with Gasteiger partial charge in [0.2, 0.25) is 0 Å². The summed E-state index contributed by atoms with van der Waals surface area (Å²) in [6.45, 7) is 10.1. The number of hydrogen-bond donors (Lipinski definition) is 2. The predicted molar refractivity (Wildman–Crippen MR) is 140 cm³/mol. The van der Waals surface area contributed by atoms with E-state index in [0.29, 0.717) is 18.0 Å². The highest BCUT2D eigenvalue weighted by atomic mass is 19.1. The Morgan fingerprint density at radius 3 is 2.54 bits per heavy atom. The Hall–Kier alpha value is -3.80. The van der Waals surface area contributed by atoms with Crippen molar-refractivity contribution in [2.45, 2.75) is 46.7 Å². The number of hydrogen-bond acceptors (Lipinski definition) is 5. The Morgan fingerprint density at radius 2 is 1.83 bits per heavy atom. The van der Waals surface area contributed by atoms with Gasteiger partial charge in [0.05, 0.1) is 12.6 Å². The van der Waals surface area contributed by atoms with Crippen molar-refractivity contribution in [2.75, 3.05) is 17.7 Å². The Bertz CT molecular complexity index is 1330. The van der Waals surface area contributed by atoms with Gasteiger partial charge in [-0.05, 0) is 86.4 Å². The molecule has 182 valence electrons. The number of nitrogens with one attached hydrogen (secondary N) is 2. The van der Waals surface area contributed by atoms with Crippen LogP contribution in [0.1, 0.15) is 44.4 Å². The average molecular weight is 475 g/mol. The van der Waals surface area contributed by atoms with Crippen LogP contribution in [0.2, 0.25) is 0 Å². The van der Waals surface area contributed by atoms with Gasteiger partial charge in [0, 0.05) is 36.0 Å². The van der Waals surface area contributed by atoms with Gasteiger partial charge >= 0.3 is 5.97 Å². The quantitative estimate of drug-likeness (QED) is 0.299. The van der Waals surface area contributed by atoms with E-state index in [1.165, 1.54) is 19.1 Å². The van der Waals surface area contributed by atoms with E-state index in [1.54, 1.807) is 25.3 Å². The van der Waals surface area contributed by atoms with Crippen LogP contribution in [0.4, 0.5) is 15.8 Å². The molecule has 2 N–H and O–H groups in total. The first-order chi connectivity index (χ1) is 16.6. The molecular formula is C29H31FN2O3. The van der Waals surface area contributed by atoms with Crippen molar-refractivity contribution in [2.24, 2.45) is 0 Å². The molecule has 5 nitrogen and oxygen atoms in total. The van der Waals surface area contributed by atoms with E-state index in [1.807, 2.05) is 19.1 Å². The monoisotopic (exact) mass is 474 g/mol. The zero-order valence-corrected chi connectivity index (χ0v) is 21.0.